The lowest BCUT2D eigenvalue weighted by atomic mass is 10.0. The van der Waals surface area contributed by atoms with Crippen molar-refractivity contribution in [1.82, 2.24) is 9.47 Å². The Balaban J connectivity index is 2.22. The van der Waals surface area contributed by atoms with Crippen molar-refractivity contribution in [2.45, 2.75) is 46.3 Å². The highest BCUT2D eigenvalue weighted by molar-refractivity contribution is 5.87. The molecule has 2 heterocycles. The van der Waals surface area contributed by atoms with Gasteiger partial charge in [0.25, 0.3) is 0 Å². The fourth-order valence-electron chi connectivity index (χ4n) is 3.55. The Morgan fingerprint density at radius 1 is 1.20 bits per heavy atom. The number of fused-ring (bicyclic) bond motifs is 2. The van der Waals surface area contributed by atoms with Crippen molar-refractivity contribution in [3.63, 3.8) is 0 Å². The number of aromatic nitrogens is 1. The average molecular weight is 272 g/mol. The largest absolute Gasteiger partial charge is 0.396 e. The Bertz CT molecular complexity index is 589. The number of nitrogens with zero attached hydrogens (tertiary/aromatic N) is 2. The summed E-state index contributed by atoms with van der Waals surface area (Å²) in [6.07, 6.45) is 1.90. The molecular weight excluding hydrogens is 248 g/mol. The predicted molar refractivity (Wildman–Crippen MR) is 82.9 cm³/mol. The lowest BCUT2D eigenvalue weighted by molar-refractivity contribution is 0.299. The first-order chi connectivity index (χ1) is 9.65. The molecule has 1 aliphatic rings. The molecule has 0 amide bonds. The van der Waals surface area contributed by atoms with Gasteiger partial charge in [0, 0.05) is 42.8 Å². The number of benzene rings is 1. The van der Waals surface area contributed by atoms with E-state index in [0.717, 1.165) is 32.5 Å². The summed E-state index contributed by atoms with van der Waals surface area (Å²) in [7, 11) is 2.17. The van der Waals surface area contributed by atoms with E-state index < -0.39 is 0 Å². The van der Waals surface area contributed by atoms with Crippen LogP contribution in [0, 0.1) is 6.92 Å². The lowest BCUT2D eigenvalue weighted by Crippen LogP contribution is -2.07. The van der Waals surface area contributed by atoms with Crippen LogP contribution in [0.15, 0.2) is 12.1 Å². The molecule has 1 N–H and O–H groups in total. The van der Waals surface area contributed by atoms with Gasteiger partial charge < -0.3 is 9.67 Å². The van der Waals surface area contributed by atoms with Crippen molar-refractivity contribution < 1.29 is 5.11 Å². The third-order valence-corrected chi connectivity index (χ3v) is 4.46. The Labute approximate surface area is 120 Å². The summed E-state index contributed by atoms with van der Waals surface area (Å²) in [5.74, 6) is 0. The first kappa shape index (κ1) is 13.7. The molecule has 20 heavy (non-hydrogen) atoms. The van der Waals surface area contributed by atoms with E-state index in [2.05, 4.69) is 42.5 Å². The Kier molecular flexibility index (Phi) is 3.57. The van der Waals surface area contributed by atoms with Gasteiger partial charge in [-0.15, -0.1) is 0 Å². The summed E-state index contributed by atoms with van der Waals surface area (Å²) in [4.78, 5) is 2.35. The highest BCUT2D eigenvalue weighted by Crippen LogP contribution is 2.32. The van der Waals surface area contributed by atoms with Gasteiger partial charge in [-0.3, -0.25) is 4.90 Å². The molecule has 3 heteroatoms. The standard InChI is InChI=1S/C17H24N2O/c1-4-6-19-12(2)15(5-7-20)16-8-13-10-18(3)11-14(13)9-17(16)19/h8-9,20H,4-7,10-11H2,1-3H3. The van der Waals surface area contributed by atoms with Crippen LogP contribution in [-0.4, -0.2) is 28.2 Å². The van der Waals surface area contributed by atoms with Gasteiger partial charge in [-0.05, 0) is 55.6 Å². The Morgan fingerprint density at radius 2 is 1.90 bits per heavy atom. The molecule has 2 aromatic rings. The van der Waals surface area contributed by atoms with Gasteiger partial charge in [-0.25, -0.2) is 0 Å². The third kappa shape index (κ3) is 2.05. The molecule has 0 saturated heterocycles. The van der Waals surface area contributed by atoms with E-state index in [1.54, 1.807) is 0 Å². The molecule has 0 aliphatic carbocycles. The zero-order valence-electron chi connectivity index (χ0n) is 12.7. The van der Waals surface area contributed by atoms with Crippen molar-refractivity contribution in [3.8, 4) is 0 Å². The average Bonchev–Trinajstić information content (AvgIpc) is 2.89. The minimum Gasteiger partial charge on any atom is -0.396 e. The van der Waals surface area contributed by atoms with E-state index in [4.69, 9.17) is 0 Å². The van der Waals surface area contributed by atoms with Crippen molar-refractivity contribution >= 4 is 10.9 Å². The van der Waals surface area contributed by atoms with Gasteiger partial charge in [0.2, 0.25) is 0 Å². The normalized spacial score (nSPS) is 15.2. The maximum atomic E-state index is 9.36. The first-order valence-corrected chi connectivity index (χ1v) is 7.58. The Hall–Kier alpha value is -1.32. The molecule has 0 saturated carbocycles. The predicted octanol–water partition coefficient (Wildman–Crippen LogP) is 2.84. The van der Waals surface area contributed by atoms with Crippen LogP contribution in [0.4, 0.5) is 0 Å². The molecule has 1 aromatic heterocycles. The minimum atomic E-state index is 0.225. The molecule has 0 fully saturated rings. The number of hydrogen-bond donors (Lipinski definition) is 1. The maximum absolute atomic E-state index is 9.36. The second-order valence-corrected chi connectivity index (χ2v) is 6.00. The second-order valence-electron chi connectivity index (χ2n) is 6.00. The molecular formula is C17H24N2O. The number of aliphatic hydroxyl groups is 1. The zero-order valence-corrected chi connectivity index (χ0v) is 12.7. The molecule has 0 atom stereocenters. The molecule has 0 bridgehead atoms. The summed E-state index contributed by atoms with van der Waals surface area (Å²) < 4.78 is 2.43. The molecule has 0 radical (unpaired) electrons. The molecule has 1 aliphatic heterocycles. The summed E-state index contributed by atoms with van der Waals surface area (Å²) >= 11 is 0. The van der Waals surface area contributed by atoms with Crippen molar-refractivity contribution in [2.75, 3.05) is 13.7 Å². The van der Waals surface area contributed by atoms with Gasteiger partial charge in [-0.1, -0.05) is 6.92 Å². The first-order valence-electron chi connectivity index (χ1n) is 7.58. The van der Waals surface area contributed by atoms with E-state index in [1.165, 1.54) is 33.3 Å². The van der Waals surface area contributed by atoms with Crippen LogP contribution >= 0.6 is 0 Å². The monoisotopic (exact) mass is 272 g/mol. The van der Waals surface area contributed by atoms with E-state index in [0.29, 0.717) is 0 Å². The molecule has 108 valence electrons. The second kappa shape index (κ2) is 5.23. The fourth-order valence-corrected chi connectivity index (χ4v) is 3.55. The smallest absolute Gasteiger partial charge is 0.0488 e. The van der Waals surface area contributed by atoms with Gasteiger partial charge >= 0.3 is 0 Å². The van der Waals surface area contributed by atoms with Crippen LogP contribution < -0.4 is 0 Å². The lowest BCUT2D eigenvalue weighted by Gasteiger charge is -2.07. The van der Waals surface area contributed by atoms with Gasteiger partial charge in [0.05, 0.1) is 0 Å². The summed E-state index contributed by atoms with van der Waals surface area (Å²) in [6.45, 7) is 7.79. The maximum Gasteiger partial charge on any atom is 0.0488 e. The SMILES string of the molecule is CCCn1c(C)c(CCO)c2cc3c(cc21)CN(C)C3. The number of hydrogen-bond acceptors (Lipinski definition) is 2. The quantitative estimate of drug-likeness (QED) is 0.927. The topological polar surface area (TPSA) is 28.4 Å². The van der Waals surface area contributed by atoms with Crippen LogP contribution in [0.25, 0.3) is 10.9 Å². The number of rotatable bonds is 4. The molecule has 3 nitrogen and oxygen atoms in total. The van der Waals surface area contributed by atoms with E-state index >= 15 is 0 Å². The zero-order chi connectivity index (χ0) is 14.3. The van der Waals surface area contributed by atoms with Crippen LogP contribution in [0.1, 0.15) is 35.7 Å². The van der Waals surface area contributed by atoms with E-state index in [-0.39, 0.29) is 6.61 Å². The van der Waals surface area contributed by atoms with Gasteiger partial charge in [0.15, 0.2) is 0 Å². The van der Waals surface area contributed by atoms with Crippen molar-refractivity contribution in [1.29, 1.82) is 0 Å². The summed E-state index contributed by atoms with van der Waals surface area (Å²) in [6, 6.07) is 4.73. The van der Waals surface area contributed by atoms with Crippen LogP contribution in [-0.2, 0) is 26.1 Å². The van der Waals surface area contributed by atoms with Crippen LogP contribution in [0.5, 0.6) is 0 Å². The van der Waals surface area contributed by atoms with Crippen molar-refractivity contribution in [2.24, 2.45) is 0 Å². The van der Waals surface area contributed by atoms with E-state index in [9.17, 15) is 5.11 Å². The highest BCUT2D eigenvalue weighted by Gasteiger charge is 2.20. The van der Waals surface area contributed by atoms with Gasteiger partial charge in [-0.2, -0.15) is 0 Å². The van der Waals surface area contributed by atoms with Gasteiger partial charge in [0.1, 0.15) is 0 Å². The fraction of sp³-hybridized carbons (Fsp3) is 0.529. The molecule has 1 aromatic carbocycles. The third-order valence-electron chi connectivity index (χ3n) is 4.46. The van der Waals surface area contributed by atoms with E-state index in [1.807, 2.05) is 0 Å². The highest BCUT2D eigenvalue weighted by atomic mass is 16.2. The molecule has 0 spiro atoms. The van der Waals surface area contributed by atoms with Crippen molar-refractivity contribution in [3.05, 3.63) is 34.5 Å². The Morgan fingerprint density at radius 3 is 2.55 bits per heavy atom. The number of aliphatic hydroxyl groups excluding tert-OH is 1. The minimum absolute atomic E-state index is 0.225. The number of aryl methyl sites for hydroxylation is 1. The summed E-state index contributed by atoms with van der Waals surface area (Å²) in [5.41, 5.74) is 6.92. The molecule has 3 rings (SSSR count). The molecule has 0 unspecified atom stereocenters. The van der Waals surface area contributed by atoms with Crippen LogP contribution in [0.2, 0.25) is 0 Å². The summed E-state index contributed by atoms with van der Waals surface area (Å²) in [5, 5.41) is 10.7. The van der Waals surface area contributed by atoms with Crippen LogP contribution in [0.3, 0.4) is 0 Å².